The average molecular weight is 265 g/mol. The van der Waals surface area contributed by atoms with Crippen molar-refractivity contribution in [3.05, 3.63) is 65.2 Å². The molecule has 0 aromatic heterocycles. The lowest BCUT2D eigenvalue weighted by Crippen LogP contribution is -2.24. The highest BCUT2D eigenvalue weighted by atomic mass is 16.3. The lowest BCUT2D eigenvalue weighted by molar-refractivity contribution is 0.475. The summed E-state index contributed by atoms with van der Waals surface area (Å²) < 4.78 is 0. The van der Waals surface area contributed by atoms with Crippen molar-refractivity contribution in [1.29, 1.82) is 0 Å². The molecule has 2 aromatic carbocycles. The normalized spacial score (nSPS) is 13.9. The van der Waals surface area contributed by atoms with Crippen LogP contribution in [-0.2, 0) is 6.42 Å². The fraction of sp³-hybridized carbons (Fsp3) is 0.125. The first-order valence-corrected chi connectivity index (χ1v) is 6.54. The van der Waals surface area contributed by atoms with Gasteiger partial charge in [0.2, 0.25) is 0 Å². The monoisotopic (exact) mass is 265 g/mol. The Morgan fingerprint density at radius 1 is 1.15 bits per heavy atom. The van der Waals surface area contributed by atoms with E-state index in [1.165, 1.54) is 5.56 Å². The highest BCUT2D eigenvalue weighted by Crippen LogP contribution is 2.14. The molecule has 0 unspecified atom stereocenters. The molecule has 0 atom stereocenters. The Labute approximate surface area is 117 Å². The number of nitrogens with zero attached hydrogens (tertiary/aromatic N) is 2. The number of aliphatic imine (C=N–C) groups is 1. The fourth-order valence-electron chi connectivity index (χ4n) is 2.21. The maximum atomic E-state index is 9.39. The van der Waals surface area contributed by atoms with E-state index < -0.39 is 0 Å². The molecule has 20 heavy (non-hydrogen) atoms. The van der Waals surface area contributed by atoms with E-state index in [0.717, 1.165) is 29.9 Å². The molecule has 1 heterocycles. The Kier molecular flexibility index (Phi) is 3.46. The summed E-state index contributed by atoms with van der Waals surface area (Å²) in [6.07, 6.45) is 2.64. The third-order valence-electron chi connectivity index (χ3n) is 3.18. The van der Waals surface area contributed by atoms with Gasteiger partial charge in [-0.2, -0.15) is 5.10 Å². The number of amidine groups is 1. The first-order valence-electron chi connectivity index (χ1n) is 6.54. The molecule has 0 bridgehead atoms. The summed E-state index contributed by atoms with van der Waals surface area (Å²) in [7, 11) is 0. The van der Waals surface area contributed by atoms with Crippen molar-refractivity contribution >= 4 is 12.1 Å². The first-order chi connectivity index (χ1) is 9.83. The van der Waals surface area contributed by atoms with E-state index in [1.807, 2.05) is 24.3 Å². The predicted octanol–water partition coefficient (Wildman–Crippen LogP) is 2.32. The van der Waals surface area contributed by atoms with Crippen LogP contribution in [0.25, 0.3) is 0 Å². The number of rotatable bonds is 2. The Hall–Kier alpha value is -2.62. The number of fused-ring (bicyclic) bond motifs is 1. The van der Waals surface area contributed by atoms with Crippen LogP contribution >= 0.6 is 0 Å². The van der Waals surface area contributed by atoms with Crippen LogP contribution in [0.3, 0.4) is 0 Å². The molecular formula is C16H15N3O. The Balaban J connectivity index is 1.74. The van der Waals surface area contributed by atoms with Crippen LogP contribution in [0, 0.1) is 0 Å². The molecular weight excluding hydrogens is 250 g/mol. The van der Waals surface area contributed by atoms with Gasteiger partial charge < -0.3 is 5.11 Å². The van der Waals surface area contributed by atoms with E-state index >= 15 is 0 Å². The quantitative estimate of drug-likeness (QED) is 0.646. The number of aromatic hydroxyl groups is 1. The van der Waals surface area contributed by atoms with Crippen molar-refractivity contribution < 1.29 is 5.11 Å². The van der Waals surface area contributed by atoms with Gasteiger partial charge in [-0.05, 0) is 29.7 Å². The predicted molar refractivity (Wildman–Crippen MR) is 80.4 cm³/mol. The molecule has 1 aliphatic heterocycles. The number of phenolic OH excluding ortho intramolecular Hbond substituents is 1. The van der Waals surface area contributed by atoms with Crippen molar-refractivity contribution in [2.75, 3.05) is 6.54 Å². The molecule has 1 aliphatic rings. The topological polar surface area (TPSA) is 57.0 Å². The van der Waals surface area contributed by atoms with E-state index in [1.54, 1.807) is 24.4 Å². The molecule has 4 heteroatoms. The summed E-state index contributed by atoms with van der Waals surface area (Å²) in [4.78, 5) is 4.46. The number of phenols is 1. The average Bonchev–Trinajstić information content (AvgIpc) is 2.48. The van der Waals surface area contributed by atoms with Gasteiger partial charge >= 0.3 is 0 Å². The summed E-state index contributed by atoms with van der Waals surface area (Å²) in [5.41, 5.74) is 6.21. The van der Waals surface area contributed by atoms with E-state index in [9.17, 15) is 5.11 Å². The van der Waals surface area contributed by atoms with Crippen LogP contribution in [0.1, 0.15) is 16.7 Å². The summed E-state index contributed by atoms with van der Waals surface area (Å²) in [6.45, 7) is 0.779. The summed E-state index contributed by atoms with van der Waals surface area (Å²) >= 11 is 0. The van der Waals surface area contributed by atoms with Crippen LogP contribution in [0.15, 0.2) is 58.6 Å². The smallest absolute Gasteiger partial charge is 0.149 e. The zero-order valence-electron chi connectivity index (χ0n) is 11.0. The summed E-state index contributed by atoms with van der Waals surface area (Å²) in [5, 5.41) is 13.6. The molecule has 0 spiro atoms. The lowest BCUT2D eigenvalue weighted by Gasteiger charge is -2.15. The van der Waals surface area contributed by atoms with Gasteiger partial charge in [0.15, 0.2) is 0 Å². The second kappa shape index (κ2) is 5.57. The molecule has 2 N–H and O–H groups in total. The van der Waals surface area contributed by atoms with Gasteiger partial charge in [0, 0.05) is 12.1 Å². The molecule has 0 amide bonds. The highest BCUT2D eigenvalue weighted by Gasteiger charge is 2.12. The maximum absolute atomic E-state index is 9.39. The van der Waals surface area contributed by atoms with Crippen molar-refractivity contribution in [1.82, 2.24) is 5.43 Å². The van der Waals surface area contributed by atoms with Crippen LogP contribution in [0.2, 0.25) is 0 Å². The van der Waals surface area contributed by atoms with Crippen molar-refractivity contribution in [3.8, 4) is 5.75 Å². The Bertz CT molecular complexity index is 677. The van der Waals surface area contributed by atoms with Gasteiger partial charge in [0.05, 0.1) is 6.21 Å². The van der Waals surface area contributed by atoms with E-state index in [4.69, 9.17) is 0 Å². The molecule has 0 fully saturated rings. The van der Waals surface area contributed by atoms with Gasteiger partial charge in [-0.25, -0.2) is 0 Å². The fourth-order valence-corrected chi connectivity index (χ4v) is 2.21. The van der Waals surface area contributed by atoms with Gasteiger partial charge in [-0.15, -0.1) is 0 Å². The lowest BCUT2D eigenvalue weighted by atomic mass is 10.0. The second-order valence-electron chi connectivity index (χ2n) is 4.60. The van der Waals surface area contributed by atoms with Crippen molar-refractivity contribution in [2.45, 2.75) is 6.42 Å². The van der Waals surface area contributed by atoms with Crippen LogP contribution < -0.4 is 5.43 Å². The van der Waals surface area contributed by atoms with Crippen LogP contribution in [0.4, 0.5) is 0 Å². The van der Waals surface area contributed by atoms with Gasteiger partial charge in [-0.1, -0.05) is 36.4 Å². The molecule has 4 nitrogen and oxygen atoms in total. The third kappa shape index (κ3) is 2.69. The van der Waals surface area contributed by atoms with E-state index in [0.29, 0.717) is 0 Å². The SMILES string of the molecule is Oc1cccc(C=NNC2=NCCc3ccccc32)c1. The number of hydrazone groups is 1. The van der Waals surface area contributed by atoms with Crippen molar-refractivity contribution in [3.63, 3.8) is 0 Å². The molecule has 0 saturated heterocycles. The first kappa shape index (κ1) is 12.4. The Morgan fingerprint density at radius 2 is 2.05 bits per heavy atom. The zero-order valence-corrected chi connectivity index (χ0v) is 11.0. The largest absolute Gasteiger partial charge is 0.508 e. The zero-order chi connectivity index (χ0) is 13.8. The Morgan fingerprint density at radius 3 is 2.95 bits per heavy atom. The van der Waals surface area contributed by atoms with Crippen LogP contribution in [0.5, 0.6) is 5.75 Å². The molecule has 2 aromatic rings. The number of nitrogens with one attached hydrogen (secondary N) is 1. The number of hydrogen-bond donors (Lipinski definition) is 2. The van der Waals surface area contributed by atoms with E-state index in [2.05, 4.69) is 21.6 Å². The highest BCUT2D eigenvalue weighted by molar-refractivity contribution is 6.01. The minimum atomic E-state index is 0.231. The molecule has 3 rings (SSSR count). The third-order valence-corrected chi connectivity index (χ3v) is 3.18. The van der Waals surface area contributed by atoms with Gasteiger partial charge in [0.1, 0.15) is 11.6 Å². The summed E-state index contributed by atoms with van der Waals surface area (Å²) in [5.74, 6) is 1.03. The molecule has 0 saturated carbocycles. The molecule has 0 aliphatic carbocycles. The number of hydrogen-bond acceptors (Lipinski definition) is 4. The van der Waals surface area contributed by atoms with E-state index in [-0.39, 0.29) is 5.75 Å². The standard InChI is InChI=1S/C16H15N3O/c20-14-6-3-4-12(10-14)11-18-19-16-15-7-2-1-5-13(15)8-9-17-16/h1-7,10-11,20H,8-9H2,(H,17,19). The molecule has 100 valence electrons. The van der Waals surface area contributed by atoms with Gasteiger partial charge in [0.25, 0.3) is 0 Å². The minimum Gasteiger partial charge on any atom is -0.508 e. The van der Waals surface area contributed by atoms with Crippen molar-refractivity contribution in [2.24, 2.45) is 10.1 Å². The molecule has 0 radical (unpaired) electrons. The number of benzene rings is 2. The second-order valence-corrected chi connectivity index (χ2v) is 4.60. The minimum absolute atomic E-state index is 0.231. The van der Waals surface area contributed by atoms with Gasteiger partial charge in [-0.3, -0.25) is 10.4 Å². The maximum Gasteiger partial charge on any atom is 0.149 e. The summed E-state index contributed by atoms with van der Waals surface area (Å²) in [6, 6.07) is 15.1. The van der Waals surface area contributed by atoms with Crippen LogP contribution in [-0.4, -0.2) is 23.7 Å².